The summed E-state index contributed by atoms with van der Waals surface area (Å²) in [5.41, 5.74) is 4.37. The Hall–Kier alpha value is -1.64. The van der Waals surface area contributed by atoms with Crippen LogP contribution in [0.15, 0.2) is 30.0 Å². The molecule has 1 aliphatic heterocycles. The van der Waals surface area contributed by atoms with Gasteiger partial charge in [0, 0.05) is 0 Å². The maximum atomic E-state index is 10.1. The molecular weight excluding hydrogens is 202 g/mol. The maximum absolute atomic E-state index is 10.1. The molecule has 1 aromatic carbocycles. The first-order valence-corrected chi connectivity index (χ1v) is 5.77. The molecule has 0 aromatic heterocycles. The lowest BCUT2D eigenvalue weighted by molar-refractivity contribution is 0.211. The molecule has 0 fully saturated rings. The Labute approximate surface area is 95.7 Å². The van der Waals surface area contributed by atoms with E-state index < -0.39 is 0 Å². The number of nitrogens with one attached hydrogen (secondary N) is 1. The Kier molecular flexibility index (Phi) is 3.34. The number of benzene rings is 1. The van der Waals surface area contributed by atoms with Gasteiger partial charge in [-0.05, 0) is 25.0 Å². The largest absolute Gasteiger partial charge is 0.505 e. The summed E-state index contributed by atoms with van der Waals surface area (Å²) in [6.45, 7) is 2.16. The number of para-hydroxylation sites is 1. The van der Waals surface area contributed by atoms with Crippen LogP contribution < -0.4 is 10.3 Å². The number of rotatable bonds is 4. The number of hydrogen-bond acceptors (Lipinski definition) is 3. The molecule has 0 saturated carbocycles. The van der Waals surface area contributed by atoms with Gasteiger partial charge in [-0.15, -0.1) is 0 Å². The number of allylic oxidation sites excluding steroid dienone is 1. The van der Waals surface area contributed by atoms with E-state index in [1.54, 1.807) is 0 Å². The molecule has 86 valence electrons. The van der Waals surface area contributed by atoms with E-state index in [4.69, 9.17) is 4.84 Å². The number of aliphatic hydroxyl groups excluding tert-OH is 1. The van der Waals surface area contributed by atoms with Crippen LogP contribution in [0.1, 0.15) is 38.2 Å². The zero-order valence-electron chi connectivity index (χ0n) is 9.49. The van der Waals surface area contributed by atoms with Crippen LogP contribution in [0, 0.1) is 0 Å². The normalized spacial score (nSPS) is 14.1. The van der Waals surface area contributed by atoms with E-state index in [0.29, 0.717) is 11.5 Å². The molecule has 0 amide bonds. The lowest BCUT2D eigenvalue weighted by Gasteiger charge is -2.21. The van der Waals surface area contributed by atoms with Gasteiger partial charge in [0.25, 0.3) is 0 Å². The predicted molar refractivity (Wildman–Crippen MR) is 63.9 cm³/mol. The molecule has 3 nitrogen and oxygen atoms in total. The van der Waals surface area contributed by atoms with Crippen molar-refractivity contribution in [3.05, 3.63) is 35.5 Å². The molecule has 1 aliphatic rings. The molecule has 0 saturated heterocycles. The highest BCUT2D eigenvalue weighted by atomic mass is 16.6. The maximum Gasteiger partial charge on any atom is 0.166 e. The summed E-state index contributed by atoms with van der Waals surface area (Å²) in [6.07, 6.45) is 4.23. The molecule has 1 aromatic rings. The van der Waals surface area contributed by atoms with Crippen LogP contribution in [0.3, 0.4) is 0 Å². The summed E-state index contributed by atoms with van der Waals surface area (Å²) in [5.74, 6) is 0.997. The fourth-order valence-corrected chi connectivity index (χ4v) is 1.80. The highest BCUT2D eigenvalue weighted by Crippen LogP contribution is 2.30. The molecule has 2 rings (SSSR count). The Morgan fingerprint density at radius 3 is 2.88 bits per heavy atom. The van der Waals surface area contributed by atoms with Gasteiger partial charge in [0.15, 0.2) is 5.75 Å². The Morgan fingerprint density at radius 2 is 2.06 bits per heavy atom. The fraction of sp³-hybridized carbons (Fsp3) is 0.385. The van der Waals surface area contributed by atoms with Crippen molar-refractivity contribution in [3.63, 3.8) is 0 Å². The van der Waals surface area contributed by atoms with Gasteiger partial charge in [0.05, 0.1) is 11.3 Å². The molecule has 0 radical (unpaired) electrons. The summed E-state index contributed by atoms with van der Waals surface area (Å²) < 4.78 is 0. The third kappa shape index (κ3) is 2.13. The minimum absolute atomic E-state index is 0.318. The van der Waals surface area contributed by atoms with Crippen molar-refractivity contribution in [1.29, 1.82) is 0 Å². The monoisotopic (exact) mass is 219 g/mol. The molecule has 0 unspecified atom stereocenters. The lowest BCUT2D eigenvalue weighted by atomic mass is 10.1. The quantitative estimate of drug-likeness (QED) is 0.763. The van der Waals surface area contributed by atoms with Crippen LogP contribution in [0.25, 0.3) is 5.76 Å². The highest BCUT2D eigenvalue weighted by Gasteiger charge is 2.18. The standard InChI is InChI=1S/C13H17NO2/c1-2-3-4-8-11-13(15)10-7-5-6-9-12(10)16-14-11/h5-7,9,14-15H,2-4,8H2,1H3. The first-order valence-electron chi connectivity index (χ1n) is 5.77. The summed E-state index contributed by atoms with van der Waals surface area (Å²) in [5, 5.41) is 10.1. The Bertz CT molecular complexity index is 399. The van der Waals surface area contributed by atoms with E-state index in [-0.39, 0.29) is 0 Å². The molecule has 0 spiro atoms. The average Bonchev–Trinajstić information content (AvgIpc) is 2.33. The van der Waals surface area contributed by atoms with Crippen molar-refractivity contribution in [2.45, 2.75) is 32.6 Å². The molecule has 16 heavy (non-hydrogen) atoms. The van der Waals surface area contributed by atoms with Gasteiger partial charge in [-0.1, -0.05) is 31.9 Å². The SMILES string of the molecule is CCCCCC1=C(O)c2ccccc2ON1. The van der Waals surface area contributed by atoms with Gasteiger partial charge in [0.2, 0.25) is 0 Å². The van der Waals surface area contributed by atoms with Crippen LogP contribution in [-0.4, -0.2) is 5.11 Å². The molecule has 1 heterocycles. The van der Waals surface area contributed by atoms with Crippen LogP contribution >= 0.6 is 0 Å². The topological polar surface area (TPSA) is 41.5 Å². The van der Waals surface area contributed by atoms with Crippen molar-refractivity contribution in [2.24, 2.45) is 0 Å². The second-order valence-electron chi connectivity index (χ2n) is 3.98. The van der Waals surface area contributed by atoms with Gasteiger partial charge in [-0.3, -0.25) is 0 Å². The number of aliphatic hydroxyl groups is 1. The number of fused-ring (bicyclic) bond motifs is 1. The minimum atomic E-state index is 0.318. The van der Waals surface area contributed by atoms with Crippen molar-refractivity contribution >= 4 is 5.76 Å². The van der Waals surface area contributed by atoms with Crippen LogP contribution in [0.5, 0.6) is 5.75 Å². The van der Waals surface area contributed by atoms with Crippen molar-refractivity contribution in [3.8, 4) is 5.75 Å². The second-order valence-corrected chi connectivity index (χ2v) is 3.98. The Morgan fingerprint density at radius 1 is 1.25 bits per heavy atom. The number of hydrogen-bond donors (Lipinski definition) is 2. The molecule has 0 atom stereocenters. The average molecular weight is 219 g/mol. The third-order valence-corrected chi connectivity index (χ3v) is 2.74. The zero-order chi connectivity index (χ0) is 11.4. The van der Waals surface area contributed by atoms with E-state index in [1.807, 2.05) is 24.3 Å². The number of unbranched alkanes of at least 4 members (excludes halogenated alkanes) is 2. The smallest absolute Gasteiger partial charge is 0.166 e. The highest BCUT2D eigenvalue weighted by molar-refractivity contribution is 5.68. The zero-order valence-corrected chi connectivity index (χ0v) is 9.49. The molecule has 0 aliphatic carbocycles. The summed E-state index contributed by atoms with van der Waals surface area (Å²) >= 11 is 0. The third-order valence-electron chi connectivity index (χ3n) is 2.74. The van der Waals surface area contributed by atoms with Gasteiger partial charge in [0.1, 0.15) is 5.76 Å². The lowest BCUT2D eigenvalue weighted by Crippen LogP contribution is -2.24. The first kappa shape index (κ1) is 10.9. The summed E-state index contributed by atoms with van der Waals surface area (Å²) in [4.78, 5) is 5.37. The van der Waals surface area contributed by atoms with E-state index in [0.717, 1.165) is 24.1 Å². The van der Waals surface area contributed by atoms with E-state index >= 15 is 0 Å². The van der Waals surface area contributed by atoms with Crippen molar-refractivity contribution < 1.29 is 9.94 Å². The van der Waals surface area contributed by atoms with Crippen LogP contribution in [-0.2, 0) is 0 Å². The molecular formula is C13H17NO2. The van der Waals surface area contributed by atoms with Crippen molar-refractivity contribution in [1.82, 2.24) is 5.48 Å². The van der Waals surface area contributed by atoms with Gasteiger partial charge >= 0.3 is 0 Å². The second kappa shape index (κ2) is 4.92. The van der Waals surface area contributed by atoms with Gasteiger partial charge in [-0.25, -0.2) is 5.48 Å². The molecule has 2 N–H and O–H groups in total. The van der Waals surface area contributed by atoms with E-state index in [1.165, 1.54) is 12.8 Å². The predicted octanol–water partition coefficient (Wildman–Crippen LogP) is 3.39. The van der Waals surface area contributed by atoms with Gasteiger partial charge < -0.3 is 9.94 Å². The Balaban J connectivity index is 2.15. The van der Waals surface area contributed by atoms with Crippen LogP contribution in [0.2, 0.25) is 0 Å². The molecule has 0 bridgehead atoms. The molecule has 3 heteroatoms. The summed E-state index contributed by atoms with van der Waals surface area (Å²) in [6, 6.07) is 7.48. The fourth-order valence-electron chi connectivity index (χ4n) is 1.80. The van der Waals surface area contributed by atoms with Crippen LogP contribution in [0.4, 0.5) is 0 Å². The first-order chi connectivity index (χ1) is 7.83. The van der Waals surface area contributed by atoms with Crippen molar-refractivity contribution in [2.75, 3.05) is 0 Å². The minimum Gasteiger partial charge on any atom is -0.505 e. The number of hydroxylamine groups is 1. The van der Waals surface area contributed by atoms with E-state index in [2.05, 4.69) is 12.4 Å². The van der Waals surface area contributed by atoms with E-state index in [9.17, 15) is 5.11 Å². The van der Waals surface area contributed by atoms with Gasteiger partial charge in [-0.2, -0.15) is 0 Å². The summed E-state index contributed by atoms with van der Waals surface area (Å²) in [7, 11) is 0.